The van der Waals surface area contributed by atoms with Crippen molar-refractivity contribution < 1.29 is 9.59 Å². The number of likely N-dealkylation sites (tertiary alicyclic amines) is 1. The highest BCUT2D eigenvalue weighted by Crippen LogP contribution is 2.39. The van der Waals surface area contributed by atoms with Crippen molar-refractivity contribution in [3.63, 3.8) is 0 Å². The quantitative estimate of drug-likeness (QED) is 0.224. The number of amides is 2. The fourth-order valence-corrected chi connectivity index (χ4v) is 5.63. The van der Waals surface area contributed by atoms with Crippen LogP contribution >= 0.6 is 15.9 Å². The normalized spacial score (nSPS) is 16.4. The van der Waals surface area contributed by atoms with E-state index in [0.29, 0.717) is 17.7 Å². The fraction of sp³-hybridized carbons (Fsp3) is 0.333. The van der Waals surface area contributed by atoms with E-state index in [1.165, 1.54) is 12.8 Å². The molecule has 2 aliphatic rings. The first-order chi connectivity index (χ1) is 17.9. The molecule has 5 rings (SSSR count). The largest absolute Gasteiger partial charge is 0.357 e. The molecule has 0 aliphatic carbocycles. The van der Waals surface area contributed by atoms with Gasteiger partial charge in [0.15, 0.2) is 0 Å². The molecule has 0 atom stereocenters. The molecule has 37 heavy (non-hydrogen) atoms. The number of nitrogens with one attached hydrogen (secondary N) is 3. The SMILES string of the molecule is CC(C)c1[nH]c(/C=C2\C(=O)Nc3ccc(Br)cc32)c(-c2ccccc2)c1C(=O)NCCCN1CCCC1. The van der Waals surface area contributed by atoms with E-state index in [2.05, 4.69) is 50.3 Å². The average Bonchev–Trinajstić information content (AvgIpc) is 3.61. The Balaban J connectivity index is 1.53. The lowest BCUT2D eigenvalue weighted by Crippen LogP contribution is -2.29. The smallest absolute Gasteiger partial charge is 0.256 e. The molecule has 3 N–H and O–H groups in total. The van der Waals surface area contributed by atoms with Crippen molar-refractivity contribution in [2.24, 2.45) is 0 Å². The molecule has 2 aromatic carbocycles. The van der Waals surface area contributed by atoms with Gasteiger partial charge in [0, 0.05) is 39.2 Å². The van der Waals surface area contributed by atoms with Crippen LogP contribution in [0.3, 0.4) is 0 Å². The monoisotopic (exact) mass is 560 g/mol. The molecule has 1 saturated heterocycles. The predicted molar refractivity (Wildman–Crippen MR) is 154 cm³/mol. The Morgan fingerprint density at radius 2 is 1.89 bits per heavy atom. The number of anilines is 1. The van der Waals surface area contributed by atoms with Gasteiger partial charge in [-0.15, -0.1) is 0 Å². The van der Waals surface area contributed by atoms with Crippen LogP contribution in [0.1, 0.15) is 66.3 Å². The van der Waals surface area contributed by atoms with Crippen LogP contribution in [0.15, 0.2) is 53.0 Å². The third kappa shape index (κ3) is 5.43. The number of hydrogen-bond donors (Lipinski definition) is 3. The Bertz CT molecular complexity index is 1340. The van der Waals surface area contributed by atoms with Crippen molar-refractivity contribution in [2.75, 3.05) is 31.5 Å². The second-order valence-corrected chi connectivity index (χ2v) is 11.0. The summed E-state index contributed by atoms with van der Waals surface area (Å²) in [5, 5.41) is 6.13. The number of carbonyl (C=O) groups excluding carboxylic acids is 2. The van der Waals surface area contributed by atoms with E-state index in [1.54, 1.807) is 0 Å². The number of halogens is 1. The molecular formula is C30H33BrN4O2. The summed E-state index contributed by atoms with van der Waals surface area (Å²) in [4.78, 5) is 32.6. The summed E-state index contributed by atoms with van der Waals surface area (Å²) in [5.41, 5.74) is 6.24. The number of aromatic amines is 1. The maximum Gasteiger partial charge on any atom is 0.256 e. The van der Waals surface area contributed by atoms with Crippen LogP contribution in [-0.4, -0.2) is 47.9 Å². The van der Waals surface area contributed by atoms with Gasteiger partial charge in [0.25, 0.3) is 11.8 Å². The first kappa shape index (κ1) is 25.5. The minimum absolute atomic E-state index is 0.0797. The van der Waals surface area contributed by atoms with Crippen LogP contribution in [0.4, 0.5) is 5.69 Å². The summed E-state index contributed by atoms with van der Waals surface area (Å²) < 4.78 is 0.903. The van der Waals surface area contributed by atoms with Gasteiger partial charge in [0.05, 0.1) is 11.1 Å². The Morgan fingerprint density at radius 3 is 2.62 bits per heavy atom. The van der Waals surface area contributed by atoms with E-state index in [1.807, 2.05) is 54.6 Å². The summed E-state index contributed by atoms with van der Waals surface area (Å²) in [5.74, 6) is -0.136. The van der Waals surface area contributed by atoms with Gasteiger partial charge >= 0.3 is 0 Å². The highest BCUT2D eigenvalue weighted by molar-refractivity contribution is 9.10. The minimum atomic E-state index is -0.152. The molecule has 6 nitrogen and oxygen atoms in total. The Morgan fingerprint density at radius 1 is 1.14 bits per heavy atom. The molecule has 2 amide bonds. The summed E-state index contributed by atoms with van der Waals surface area (Å²) in [7, 11) is 0. The zero-order valence-corrected chi connectivity index (χ0v) is 23.0. The van der Waals surface area contributed by atoms with E-state index in [4.69, 9.17) is 0 Å². The Hall–Kier alpha value is -3.16. The van der Waals surface area contributed by atoms with Crippen LogP contribution in [0.5, 0.6) is 0 Å². The molecule has 0 unspecified atom stereocenters. The standard InChI is InChI=1S/C30H33BrN4O2/c1-19(2)28-27(30(37)32-13-8-16-35-14-6-7-15-35)26(20-9-4-3-5-10-20)25(33-28)18-23-22-17-21(31)11-12-24(22)34-29(23)36/h3-5,9-12,17-19,33H,6-8,13-16H2,1-2H3,(H,32,37)(H,34,36)/b23-18-. The molecule has 1 aromatic heterocycles. The van der Waals surface area contributed by atoms with Crippen molar-refractivity contribution in [1.29, 1.82) is 0 Å². The molecule has 1 fully saturated rings. The molecular weight excluding hydrogens is 528 g/mol. The van der Waals surface area contributed by atoms with Crippen molar-refractivity contribution in [1.82, 2.24) is 15.2 Å². The van der Waals surface area contributed by atoms with Crippen LogP contribution < -0.4 is 10.6 Å². The third-order valence-corrected chi connectivity index (χ3v) is 7.61. The lowest BCUT2D eigenvalue weighted by atomic mass is 9.95. The summed E-state index contributed by atoms with van der Waals surface area (Å²) in [6.45, 7) is 8.12. The van der Waals surface area contributed by atoms with Crippen molar-refractivity contribution in [2.45, 2.75) is 39.0 Å². The van der Waals surface area contributed by atoms with Gasteiger partial charge in [0.1, 0.15) is 0 Å². The number of benzene rings is 2. The first-order valence-electron chi connectivity index (χ1n) is 13.1. The molecule has 3 heterocycles. The van der Waals surface area contributed by atoms with Gasteiger partial charge in [-0.1, -0.05) is 60.1 Å². The summed E-state index contributed by atoms with van der Waals surface area (Å²) in [6.07, 6.45) is 5.35. The molecule has 7 heteroatoms. The molecule has 2 aliphatic heterocycles. The fourth-order valence-electron chi connectivity index (χ4n) is 5.27. The van der Waals surface area contributed by atoms with Gasteiger partial charge in [0.2, 0.25) is 0 Å². The molecule has 192 valence electrons. The Kier molecular flexibility index (Phi) is 7.63. The second kappa shape index (κ2) is 11.1. The Labute approximate surface area is 226 Å². The zero-order chi connectivity index (χ0) is 25.9. The van der Waals surface area contributed by atoms with Gasteiger partial charge < -0.3 is 20.5 Å². The lowest BCUT2D eigenvalue weighted by Gasteiger charge is -2.15. The second-order valence-electron chi connectivity index (χ2n) is 10.1. The van der Waals surface area contributed by atoms with Gasteiger partial charge in [-0.05, 0) is 74.7 Å². The van der Waals surface area contributed by atoms with Crippen molar-refractivity contribution in [3.05, 3.63) is 75.5 Å². The number of fused-ring (bicyclic) bond motifs is 1. The van der Waals surface area contributed by atoms with E-state index >= 15 is 0 Å². The van der Waals surface area contributed by atoms with Crippen LogP contribution in [0.2, 0.25) is 0 Å². The van der Waals surface area contributed by atoms with E-state index in [9.17, 15) is 9.59 Å². The number of rotatable bonds is 8. The minimum Gasteiger partial charge on any atom is -0.357 e. The van der Waals surface area contributed by atoms with E-state index in [-0.39, 0.29) is 17.7 Å². The number of nitrogens with zero attached hydrogens (tertiary/aromatic N) is 1. The maximum atomic E-state index is 13.7. The van der Waals surface area contributed by atoms with Gasteiger partial charge in [-0.2, -0.15) is 0 Å². The van der Waals surface area contributed by atoms with Gasteiger partial charge in [-0.3, -0.25) is 9.59 Å². The van der Waals surface area contributed by atoms with Crippen LogP contribution in [0, 0.1) is 0 Å². The number of hydrogen-bond acceptors (Lipinski definition) is 3. The predicted octanol–water partition coefficient (Wildman–Crippen LogP) is 6.28. The summed E-state index contributed by atoms with van der Waals surface area (Å²) in [6, 6.07) is 15.7. The summed E-state index contributed by atoms with van der Waals surface area (Å²) >= 11 is 3.52. The highest BCUT2D eigenvalue weighted by atomic mass is 79.9. The van der Waals surface area contributed by atoms with Crippen LogP contribution in [-0.2, 0) is 4.79 Å². The van der Waals surface area contributed by atoms with E-state index < -0.39 is 0 Å². The van der Waals surface area contributed by atoms with E-state index in [0.717, 1.165) is 64.3 Å². The molecule has 0 spiro atoms. The topological polar surface area (TPSA) is 77.2 Å². The third-order valence-electron chi connectivity index (χ3n) is 7.11. The van der Waals surface area contributed by atoms with Crippen molar-refractivity contribution >= 4 is 45.1 Å². The molecule has 0 saturated carbocycles. The number of carbonyl (C=O) groups is 2. The van der Waals surface area contributed by atoms with Gasteiger partial charge in [-0.25, -0.2) is 0 Å². The zero-order valence-electron chi connectivity index (χ0n) is 21.4. The van der Waals surface area contributed by atoms with Crippen LogP contribution in [0.25, 0.3) is 22.8 Å². The molecule has 3 aromatic rings. The number of H-pyrrole nitrogens is 1. The lowest BCUT2D eigenvalue weighted by molar-refractivity contribution is -0.110. The van der Waals surface area contributed by atoms with Crippen molar-refractivity contribution in [3.8, 4) is 11.1 Å². The molecule has 0 radical (unpaired) electrons. The maximum absolute atomic E-state index is 13.7. The average molecular weight is 562 g/mol. The number of aromatic nitrogens is 1. The highest BCUT2D eigenvalue weighted by Gasteiger charge is 2.28. The molecule has 0 bridgehead atoms. The first-order valence-corrected chi connectivity index (χ1v) is 13.9.